The van der Waals surface area contributed by atoms with Crippen molar-refractivity contribution < 1.29 is 9.59 Å². The summed E-state index contributed by atoms with van der Waals surface area (Å²) in [6, 6.07) is 11.5. The van der Waals surface area contributed by atoms with Gasteiger partial charge in [-0.15, -0.1) is 0 Å². The van der Waals surface area contributed by atoms with Gasteiger partial charge in [-0.05, 0) is 62.2 Å². The van der Waals surface area contributed by atoms with Crippen LogP contribution in [-0.4, -0.2) is 21.6 Å². The number of carbonyl (C=O) groups is 2. The first-order chi connectivity index (χ1) is 13.7. The lowest BCUT2D eigenvalue weighted by Gasteiger charge is -2.14. The second-order valence-corrected chi connectivity index (χ2v) is 7.59. The van der Waals surface area contributed by atoms with Gasteiger partial charge in [0.2, 0.25) is 5.91 Å². The minimum absolute atomic E-state index is 0.197. The minimum atomic E-state index is -0.622. The first kappa shape index (κ1) is 20.9. The van der Waals surface area contributed by atoms with E-state index in [0.717, 1.165) is 11.1 Å². The lowest BCUT2D eigenvalue weighted by Crippen LogP contribution is -2.25. The maximum atomic E-state index is 12.6. The van der Waals surface area contributed by atoms with Gasteiger partial charge in [0.25, 0.3) is 5.91 Å². The number of anilines is 2. The Balaban J connectivity index is 1.71. The summed E-state index contributed by atoms with van der Waals surface area (Å²) < 4.78 is 1.44. The normalized spacial score (nSPS) is 11.8. The van der Waals surface area contributed by atoms with Gasteiger partial charge in [-0.3, -0.25) is 14.3 Å². The Labute approximate surface area is 178 Å². The SMILES string of the molecule is Cc1ccc(Cl)cc1NC(=O)c1ccn(C(C)C(=O)Nc2cc(Cl)ccc2C)n1. The smallest absolute Gasteiger partial charge is 0.276 e. The Morgan fingerprint density at radius 2 is 1.48 bits per heavy atom. The number of nitrogens with one attached hydrogen (secondary N) is 2. The van der Waals surface area contributed by atoms with E-state index in [0.29, 0.717) is 21.4 Å². The van der Waals surface area contributed by atoms with Crippen LogP contribution < -0.4 is 10.6 Å². The maximum absolute atomic E-state index is 12.6. The zero-order chi connectivity index (χ0) is 21.1. The zero-order valence-electron chi connectivity index (χ0n) is 16.2. The number of amides is 2. The summed E-state index contributed by atoms with van der Waals surface area (Å²) in [6.45, 7) is 5.45. The largest absolute Gasteiger partial charge is 0.324 e. The number of hydrogen-bond acceptors (Lipinski definition) is 3. The van der Waals surface area contributed by atoms with E-state index in [1.165, 1.54) is 4.68 Å². The third-order valence-corrected chi connectivity index (χ3v) is 4.99. The van der Waals surface area contributed by atoms with Crippen LogP contribution in [0.2, 0.25) is 10.0 Å². The first-order valence-corrected chi connectivity index (χ1v) is 9.70. The second kappa shape index (κ2) is 8.68. The van der Waals surface area contributed by atoms with Gasteiger partial charge >= 0.3 is 0 Å². The Hall–Kier alpha value is -2.83. The van der Waals surface area contributed by atoms with Crippen LogP contribution in [0.3, 0.4) is 0 Å². The summed E-state index contributed by atoms with van der Waals surface area (Å²) >= 11 is 12.0. The van der Waals surface area contributed by atoms with Crippen molar-refractivity contribution in [1.82, 2.24) is 9.78 Å². The molecule has 1 aromatic heterocycles. The molecular formula is C21H20Cl2N4O2. The fourth-order valence-electron chi connectivity index (χ4n) is 2.68. The van der Waals surface area contributed by atoms with E-state index in [2.05, 4.69) is 15.7 Å². The molecular weight excluding hydrogens is 411 g/mol. The van der Waals surface area contributed by atoms with Gasteiger partial charge in [-0.25, -0.2) is 0 Å². The van der Waals surface area contributed by atoms with Crippen LogP contribution in [0.25, 0.3) is 0 Å². The number of nitrogens with zero attached hydrogens (tertiary/aromatic N) is 2. The molecule has 6 nitrogen and oxygen atoms in total. The van der Waals surface area contributed by atoms with Gasteiger partial charge in [0, 0.05) is 27.6 Å². The Bertz CT molecular complexity index is 1080. The van der Waals surface area contributed by atoms with Gasteiger partial charge in [0.1, 0.15) is 6.04 Å². The van der Waals surface area contributed by atoms with E-state index in [4.69, 9.17) is 23.2 Å². The van der Waals surface area contributed by atoms with Crippen molar-refractivity contribution in [2.24, 2.45) is 0 Å². The van der Waals surface area contributed by atoms with Crippen LogP contribution in [-0.2, 0) is 4.79 Å². The van der Waals surface area contributed by atoms with Gasteiger partial charge < -0.3 is 10.6 Å². The number of hydrogen-bond donors (Lipinski definition) is 2. The molecule has 3 aromatic rings. The molecule has 0 bridgehead atoms. The van der Waals surface area contributed by atoms with Crippen molar-refractivity contribution >= 4 is 46.4 Å². The molecule has 2 N–H and O–H groups in total. The minimum Gasteiger partial charge on any atom is -0.324 e. The van der Waals surface area contributed by atoms with E-state index < -0.39 is 6.04 Å². The number of carbonyl (C=O) groups excluding carboxylic acids is 2. The molecule has 0 radical (unpaired) electrons. The summed E-state index contributed by atoms with van der Waals surface area (Å²) in [5, 5.41) is 10.9. The van der Waals surface area contributed by atoms with E-state index in [1.807, 2.05) is 26.0 Å². The van der Waals surface area contributed by atoms with E-state index in [1.54, 1.807) is 43.5 Å². The molecule has 0 aliphatic rings. The summed E-state index contributed by atoms with van der Waals surface area (Å²) in [6.07, 6.45) is 1.59. The van der Waals surface area contributed by atoms with Crippen LogP contribution in [0, 0.1) is 13.8 Å². The standard InChI is InChI=1S/C21H20Cl2N4O2/c1-12-4-6-15(22)10-18(12)24-20(28)14(3)27-9-8-17(26-27)21(29)25-19-11-16(23)7-5-13(19)2/h4-11,14H,1-3H3,(H,24,28)(H,25,29). The molecule has 0 fully saturated rings. The third kappa shape index (κ3) is 4.96. The fourth-order valence-corrected chi connectivity index (χ4v) is 3.02. The second-order valence-electron chi connectivity index (χ2n) is 6.72. The molecule has 150 valence electrons. The van der Waals surface area contributed by atoms with Crippen LogP contribution in [0.4, 0.5) is 11.4 Å². The lowest BCUT2D eigenvalue weighted by atomic mass is 10.2. The molecule has 29 heavy (non-hydrogen) atoms. The highest BCUT2D eigenvalue weighted by atomic mass is 35.5. The first-order valence-electron chi connectivity index (χ1n) is 8.94. The molecule has 0 saturated heterocycles. The Kier molecular flexibility index (Phi) is 6.25. The molecule has 0 aliphatic carbocycles. The van der Waals surface area contributed by atoms with Crippen LogP contribution in [0.1, 0.15) is 34.6 Å². The van der Waals surface area contributed by atoms with Crippen molar-refractivity contribution in [3.05, 3.63) is 75.5 Å². The number of halogens is 2. The molecule has 1 atom stereocenters. The van der Waals surface area contributed by atoms with E-state index in [-0.39, 0.29) is 17.5 Å². The van der Waals surface area contributed by atoms with Crippen LogP contribution in [0.15, 0.2) is 48.7 Å². The topological polar surface area (TPSA) is 76.0 Å². The maximum Gasteiger partial charge on any atom is 0.276 e. The summed E-state index contributed by atoms with van der Waals surface area (Å²) in [7, 11) is 0. The summed E-state index contributed by atoms with van der Waals surface area (Å²) in [5.74, 6) is -0.650. The molecule has 8 heteroatoms. The highest BCUT2D eigenvalue weighted by Gasteiger charge is 2.19. The highest BCUT2D eigenvalue weighted by molar-refractivity contribution is 6.31. The molecule has 0 spiro atoms. The van der Waals surface area contributed by atoms with E-state index in [9.17, 15) is 9.59 Å². The summed E-state index contributed by atoms with van der Waals surface area (Å²) in [4.78, 5) is 25.1. The van der Waals surface area contributed by atoms with Gasteiger partial charge in [0.05, 0.1) is 0 Å². The van der Waals surface area contributed by atoms with Crippen molar-refractivity contribution in [1.29, 1.82) is 0 Å². The number of benzene rings is 2. The molecule has 2 aromatic carbocycles. The number of aromatic nitrogens is 2. The van der Waals surface area contributed by atoms with Crippen LogP contribution in [0.5, 0.6) is 0 Å². The molecule has 0 aliphatic heterocycles. The summed E-state index contributed by atoms with van der Waals surface area (Å²) in [5.41, 5.74) is 3.22. The molecule has 1 unspecified atom stereocenters. The predicted octanol–water partition coefficient (Wildman–Crippen LogP) is 5.26. The average molecular weight is 431 g/mol. The van der Waals surface area contributed by atoms with Crippen LogP contribution >= 0.6 is 23.2 Å². The molecule has 3 rings (SSSR count). The quantitative estimate of drug-likeness (QED) is 0.579. The predicted molar refractivity (Wildman–Crippen MR) is 116 cm³/mol. The van der Waals surface area contributed by atoms with Gasteiger partial charge in [-0.2, -0.15) is 5.10 Å². The zero-order valence-corrected chi connectivity index (χ0v) is 17.7. The molecule has 0 saturated carbocycles. The molecule has 2 amide bonds. The van der Waals surface area contributed by atoms with Crippen molar-refractivity contribution in [3.8, 4) is 0 Å². The van der Waals surface area contributed by atoms with Gasteiger partial charge in [0.15, 0.2) is 5.69 Å². The van der Waals surface area contributed by atoms with Crippen molar-refractivity contribution in [2.75, 3.05) is 10.6 Å². The Morgan fingerprint density at radius 1 is 0.931 bits per heavy atom. The fraction of sp³-hybridized carbons (Fsp3) is 0.190. The average Bonchev–Trinajstić information content (AvgIpc) is 3.17. The van der Waals surface area contributed by atoms with Crippen molar-refractivity contribution in [3.63, 3.8) is 0 Å². The third-order valence-electron chi connectivity index (χ3n) is 4.52. The Morgan fingerprint density at radius 3 is 2.07 bits per heavy atom. The number of rotatable bonds is 5. The highest BCUT2D eigenvalue weighted by Crippen LogP contribution is 2.22. The number of aryl methyl sites for hydroxylation is 2. The van der Waals surface area contributed by atoms with Crippen molar-refractivity contribution in [2.45, 2.75) is 26.8 Å². The lowest BCUT2D eigenvalue weighted by molar-refractivity contribution is -0.119. The van der Waals surface area contributed by atoms with Gasteiger partial charge in [-0.1, -0.05) is 35.3 Å². The molecule has 1 heterocycles. The van der Waals surface area contributed by atoms with E-state index >= 15 is 0 Å². The monoisotopic (exact) mass is 430 g/mol.